The predicted molar refractivity (Wildman–Crippen MR) is 94.9 cm³/mol. The van der Waals surface area contributed by atoms with Gasteiger partial charge in [-0.3, -0.25) is 9.59 Å². The number of aliphatic hydroxyl groups excluding tert-OH is 1. The van der Waals surface area contributed by atoms with Crippen molar-refractivity contribution in [1.29, 1.82) is 0 Å². The molecule has 0 spiro atoms. The van der Waals surface area contributed by atoms with Crippen molar-refractivity contribution in [3.8, 4) is 5.75 Å². The number of halogens is 2. The number of carbonyl (C=O) groups excluding carboxylic acids is 2. The van der Waals surface area contributed by atoms with Crippen LogP contribution in [0.3, 0.4) is 0 Å². The van der Waals surface area contributed by atoms with Gasteiger partial charge in [-0.25, -0.2) is 0 Å². The van der Waals surface area contributed by atoms with Crippen molar-refractivity contribution in [2.75, 3.05) is 7.11 Å². The van der Waals surface area contributed by atoms with Gasteiger partial charge >= 0.3 is 0 Å². The number of hydrogen-bond acceptors (Lipinski definition) is 4. The summed E-state index contributed by atoms with van der Waals surface area (Å²) in [6.45, 7) is 0. The van der Waals surface area contributed by atoms with Gasteiger partial charge in [0.1, 0.15) is 11.5 Å². The lowest BCUT2D eigenvalue weighted by Gasteiger charge is -2.15. The zero-order valence-corrected chi connectivity index (χ0v) is 14.6. The van der Waals surface area contributed by atoms with Gasteiger partial charge in [-0.05, 0) is 29.8 Å². The van der Waals surface area contributed by atoms with Gasteiger partial charge in [0.25, 0.3) is 11.7 Å². The second-order valence-electron chi connectivity index (χ2n) is 5.40. The first kappa shape index (κ1) is 17.3. The van der Waals surface area contributed by atoms with Crippen LogP contribution in [-0.2, 0) is 9.59 Å². The number of ether oxygens (including phenoxy) is 1. The molecule has 0 aliphatic carbocycles. The van der Waals surface area contributed by atoms with Crippen molar-refractivity contribution in [1.82, 2.24) is 5.32 Å². The summed E-state index contributed by atoms with van der Waals surface area (Å²) in [7, 11) is 1.49. The Morgan fingerprint density at radius 3 is 2.60 bits per heavy atom. The molecule has 1 aliphatic rings. The van der Waals surface area contributed by atoms with E-state index in [9.17, 15) is 14.7 Å². The molecule has 2 aromatic carbocycles. The molecule has 0 unspecified atom stereocenters. The second kappa shape index (κ2) is 6.78. The molecule has 2 N–H and O–H groups in total. The third kappa shape index (κ3) is 3.21. The van der Waals surface area contributed by atoms with Crippen molar-refractivity contribution in [2.24, 2.45) is 0 Å². The van der Waals surface area contributed by atoms with Crippen LogP contribution < -0.4 is 10.1 Å². The largest absolute Gasteiger partial charge is 0.507 e. The lowest BCUT2D eigenvalue weighted by Crippen LogP contribution is -2.21. The average Bonchev–Trinajstić information content (AvgIpc) is 2.89. The van der Waals surface area contributed by atoms with E-state index in [0.717, 1.165) is 0 Å². The van der Waals surface area contributed by atoms with E-state index in [-0.39, 0.29) is 16.4 Å². The van der Waals surface area contributed by atoms with Crippen LogP contribution in [0.2, 0.25) is 10.0 Å². The van der Waals surface area contributed by atoms with Gasteiger partial charge in [-0.1, -0.05) is 41.4 Å². The molecule has 128 valence electrons. The first-order valence-electron chi connectivity index (χ1n) is 7.30. The molecule has 3 rings (SSSR count). The molecule has 0 aromatic heterocycles. The predicted octanol–water partition coefficient (Wildman–Crippen LogP) is 3.71. The first-order valence-corrected chi connectivity index (χ1v) is 8.05. The number of carbonyl (C=O) groups is 2. The highest BCUT2D eigenvalue weighted by molar-refractivity contribution is 6.47. The van der Waals surface area contributed by atoms with Crippen LogP contribution >= 0.6 is 23.2 Å². The highest BCUT2D eigenvalue weighted by Crippen LogP contribution is 2.37. The normalized spacial score (nSPS) is 18.9. The van der Waals surface area contributed by atoms with Gasteiger partial charge in [-0.2, -0.15) is 0 Å². The highest BCUT2D eigenvalue weighted by Gasteiger charge is 2.40. The van der Waals surface area contributed by atoms with E-state index < -0.39 is 17.7 Å². The third-order valence-electron chi connectivity index (χ3n) is 3.89. The maximum absolute atomic E-state index is 12.3. The van der Waals surface area contributed by atoms with Crippen molar-refractivity contribution in [2.45, 2.75) is 6.04 Å². The molecule has 0 bridgehead atoms. The Morgan fingerprint density at radius 2 is 1.92 bits per heavy atom. The van der Waals surface area contributed by atoms with E-state index in [4.69, 9.17) is 27.9 Å². The van der Waals surface area contributed by atoms with Gasteiger partial charge in [0.2, 0.25) is 0 Å². The summed E-state index contributed by atoms with van der Waals surface area (Å²) in [5.41, 5.74) is 0.756. The van der Waals surface area contributed by atoms with E-state index in [1.807, 2.05) is 0 Å². The van der Waals surface area contributed by atoms with E-state index in [0.29, 0.717) is 21.9 Å². The number of hydrogen-bond donors (Lipinski definition) is 2. The zero-order chi connectivity index (χ0) is 18.1. The van der Waals surface area contributed by atoms with Gasteiger partial charge in [0, 0.05) is 15.6 Å². The van der Waals surface area contributed by atoms with Crippen LogP contribution in [0, 0.1) is 0 Å². The fourth-order valence-electron chi connectivity index (χ4n) is 2.66. The molecule has 1 amide bonds. The minimum atomic E-state index is -0.865. The molecule has 25 heavy (non-hydrogen) atoms. The van der Waals surface area contributed by atoms with Crippen LogP contribution in [0.4, 0.5) is 0 Å². The lowest BCUT2D eigenvalue weighted by atomic mass is 9.96. The number of benzene rings is 2. The minimum absolute atomic E-state index is 0.0672. The molecule has 2 aromatic rings. The summed E-state index contributed by atoms with van der Waals surface area (Å²) in [6.07, 6.45) is 0. The Hall–Kier alpha value is -2.50. The van der Waals surface area contributed by atoms with Crippen LogP contribution in [-0.4, -0.2) is 23.9 Å². The Morgan fingerprint density at radius 1 is 1.16 bits per heavy atom. The van der Waals surface area contributed by atoms with Crippen LogP contribution in [0.15, 0.2) is 48.0 Å². The number of methoxy groups -OCH3 is 1. The van der Waals surface area contributed by atoms with Gasteiger partial charge in [-0.15, -0.1) is 0 Å². The van der Waals surface area contributed by atoms with Crippen LogP contribution in [0.5, 0.6) is 5.75 Å². The number of Topliss-reactive ketones (excluding diaryl/α,β-unsaturated/α-hetero) is 1. The lowest BCUT2D eigenvalue weighted by molar-refractivity contribution is -0.133. The van der Waals surface area contributed by atoms with Gasteiger partial charge in [0.15, 0.2) is 0 Å². The molecule has 1 heterocycles. The molecular formula is C18H13Cl2NO4. The maximum Gasteiger partial charge on any atom is 0.293 e. The standard InChI is InChI=1S/C18H13Cl2NO4/c1-25-11-4-2-3-9(7-11)16(22)14-15(21-18(24)17(14)23)12-6-5-10(19)8-13(12)20/h2-8,15,22H,1H3,(H,21,24)/t15-/m0/s1. The van der Waals surface area contributed by atoms with E-state index in [1.165, 1.54) is 13.2 Å². The minimum Gasteiger partial charge on any atom is -0.507 e. The molecule has 5 nitrogen and oxygen atoms in total. The summed E-state index contributed by atoms with van der Waals surface area (Å²) < 4.78 is 5.12. The number of rotatable bonds is 3. The molecule has 0 radical (unpaired) electrons. The van der Waals surface area contributed by atoms with Gasteiger partial charge in [0.05, 0.1) is 18.7 Å². The summed E-state index contributed by atoms with van der Waals surface area (Å²) in [6, 6.07) is 10.4. The van der Waals surface area contributed by atoms with Crippen LogP contribution in [0.1, 0.15) is 17.2 Å². The summed E-state index contributed by atoms with van der Waals surface area (Å²) in [4.78, 5) is 24.2. The van der Waals surface area contributed by atoms with Crippen molar-refractivity contribution < 1.29 is 19.4 Å². The van der Waals surface area contributed by atoms with Gasteiger partial charge < -0.3 is 15.2 Å². The number of ketones is 1. The second-order valence-corrected chi connectivity index (χ2v) is 6.24. The maximum atomic E-state index is 12.3. The Labute approximate surface area is 153 Å². The fraction of sp³-hybridized carbons (Fsp3) is 0.111. The molecule has 0 saturated carbocycles. The molecule has 1 aliphatic heterocycles. The molecule has 1 atom stereocenters. The van der Waals surface area contributed by atoms with E-state index >= 15 is 0 Å². The monoisotopic (exact) mass is 377 g/mol. The third-order valence-corrected chi connectivity index (χ3v) is 4.45. The highest BCUT2D eigenvalue weighted by atomic mass is 35.5. The van der Waals surface area contributed by atoms with Crippen molar-refractivity contribution in [3.63, 3.8) is 0 Å². The van der Waals surface area contributed by atoms with Crippen molar-refractivity contribution in [3.05, 3.63) is 69.2 Å². The summed E-state index contributed by atoms with van der Waals surface area (Å²) in [5.74, 6) is -1.41. The zero-order valence-electron chi connectivity index (χ0n) is 13.0. The number of amides is 1. The SMILES string of the molecule is COc1cccc(C(O)=C2C(=O)C(=O)N[C@H]2c2ccc(Cl)cc2Cl)c1. The quantitative estimate of drug-likeness (QED) is 0.485. The smallest absolute Gasteiger partial charge is 0.293 e. The Kier molecular flexibility index (Phi) is 4.70. The number of aliphatic hydroxyl groups is 1. The van der Waals surface area contributed by atoms with Crippen molar-refractivity contribution >= 4 is 40.7 Å². The topological polar surface area (TPSA) is 75.6 Å². The van der Waals surface area contributed by atoms with E-state index in [1.54, 1.807) is 36.4 Å². The van der Waals surface area contributed by atoms with E-state index in [2.05, 4.69) is 5.32 Å². The Bertz CT molecular complexity index is 908. The summed E-state index contributed by atoms with van der Waals surface area (Å²) >= 11 is 12.1. The molecular weight excluding hydrogens is 365 g/mol. The molecule has 1 saturated heterocycles. The first-order chi connectivity index (χ1) is 11.9. The Balaban J connectivity index is 2.15. The van der Waals surface area contributed by atoms with Crippen LogP contribution in [0.25, 0.3) is 5.76 Å². The molecule has 1 fully saturated rings. The number of nitrogens with one attached hydrogen (secondary N) is 1. The summed E-state index contributed by atoms with van der Waals surface area (Å²) in [5, 5.41) is 13.9. The molecule has 7 heteroatoms. The fourth-order valence-corrected chi connectivity index (χ4v) is 3.18. The average molecular weight is 378 g/mol.